The van der Waals surface area contributed by atoms with E-state index in [4.69, 9.17) is 0 Å². The van der Waals surface area contributed by atoms with Crippen molar-refractivity contribution in [2.24, 2.45) is 17.8 Å². The van der Waals surface area contributed by atoms with Crippen LogP contribution in [-0.2, 0) is 0 Å². The molecule has 6 heteroatoms. The van der Waals surface area contributed by atoms with Crippen LogP contribution in [0.25, 0.3) is 0 Å². The molecule has 2 fully saturated rings. The van der Waals surface area contributed by atoms with Crippen molar-refractivity contribution in [3.63, 3.8) is 0 Å². The first kappa shape index (κ1) is 15.6. The zero-order valence-corrected chi connectivity index (χ0v) is 14.9. The first-order valence-corrected chi connectivity index (χ1v) is 9.27. The van der Waals surface area contributed by atoms with E-state index >= 15 is 0 Å². The summed E-state index contributed by atoms with van der Waals surface area (Å²) in [4.78, 5) is 27.8. The van der Waals surface area contributed by atoms with Crippen LogP contribution in [0.15, 0.2) is 17.5 Å². The van der Waals surface area contributed by atoms with Gasteiger partial charge in [0, 0.05) is 24.7 Å². The van der Waals surface area contributed by atoms with E-state index in [0.29, 0.717) is 36.5 Å². The Bertz CT molecular complexity index is 795. The van der Waals surface area contributed by atoms with Gasteiger partial charge in [-0.1, -0.05) is 13.8 Å². The van der Waals surface area contributed by atoms with Gasteiger partial charge in [-0.25, -0.2) is 0 Å². The fraction of sp³-hybridized carbons (Fsp3) is 0.500. The zero-order chi connectivity index (χ0) is 17.0. The molecule has 4 rings (SSSR count). The molecule has 0 bridgehead atoms. The number of nitrogens with one attached hydrogen (secondary N) is 1. The zero-order valence-electron chi connectivity index (χ0n) is 14.1. The maximum absolute atomic E-state index is 12.6. The number of aromatic nitrogens is 2. The van der Waals surface area contributed by atoms with Crippen molar-refractivity contribution in [3.8, 4) is 0 Å². The van der Waals surface area contributed by atoms with Crippen LogP contribution in [0.3, 0.4) is 0 Å². The Labute approximate surface area is 145 Å². The highest BCUT2D eigenvalue weighted by atomic mass is 32.1. The van der Waals surface area contributed by atoms with E-state index in [1.807, 2.05) is 29.3 Å². The Kier molecular flexibility index (Phi) is 3.60. The SMILES string of the molecule is Cc1csc(C(=O)C2C3CN(C(=O)c4cc(C(C)C)[nH]n4)CC32)c1. The second-order valence-electron chi connectivity index (χ2n) is 7.28. The lowest BCUT2D eigenvalue weighted by Gasteiger charge is -2.18. The third-order valence-corrected chi connectivity index (χ3v) is 6.26. The highest BCUT2D eigenvalue weighted by Crippen LogP contribution is 2.53. The number of H-pyrrole nitrogens is 1. The van der Waals surface area contributed by atoms with E-state index in [1.54, 1.807) is 0 Å². The molecular weight excluding hydrogens is 322 g/mol. The summed E-state index contributed by atoms with van der Waals surface area (Å²) in [5.74, 6) is 1.32. The molecule has 1 saturated carbocycles. The molecule has 2 aromatic heterocycles. The van der Waals surface area contributed by atoms with E-state index in [2.05, 4.69) is 24.0 Å². The number of hydrogen-bond acceptors (Lipinski definition) is 4. The largest absolute Gasteiger partial charge is 0.337 e. The average molecular weight is 343 g/mol. The first-order valence-electron chi connectivity index (χ1n) is 8.39. The maximum atomic E-state index is 12.6. The van der Waals surface area contributed by atoms with Gasteiger partial charge in [-0.15, -0.1) is 11.3 Å². The number of piperidine rings is 1. The second kappa shape index (κ2) is 5.55. The van der Waals surface area contributed by atoms with Crippen LogP contribution in [0, 0.1) is 24.7 Å². The number of likely N-dealkylation sites (tertiary alicyclic amines) is 1. The minimum Gasteiger partial charge on any atom is -0.337 e. The number of ketones is 1. The number of Topliss-reactive ketones (excluding diaryl/α,β-unsaturated/α-hetero) is 1. The molecule has 1 saturated heterocycles. The van der Waals surface area contributed by atoms with Gasteiger partial charge in [-0.3, -0.25) is 14.7 Å². The Morgan fingerprint density at radius 1 is 1.29 bits per heavy atom. The van der Waals surface area contributed by atoms with E-state index in [9.17, 15) is 9.59 Å². The normalized spacial score (nSPS) is 25.2. The Hall–Kier alpha value is -1.95. The van der Waals surface area contributed by atoms with Gasteiger partial charge in [0.1, 0.15) is 5.69 Å². The lowest BCUT2D eigenvalue weighted by atomic mass is 10.1. The highest BCUT2D eigenvalue weighted by molar-refractivity contribution is 7.12. The predicted molar refractivity (Wildman–Crippen MR) is 92.4 cm³/mol. The highest BCUT2D eigenvalue weighted by Gasteiger charge is 2.60. The standard InChI is InChI=1S/C18H21N3O2S/c1-9(2)13-5-14(20-19-13)18(23)21-6-11-12(7-21)16(11)17(22)15-4-10(3)8-24-15/h4-5,8-9,11-12,16H,6-7H2,1-3H3,(H,19,20). The van der Waals surface area contributed by atoms with Crippen LogP contribution in [-0.4, -0.2) is 39.9 Å². The molecule has 1 N–H and O–H groups in total. The number of carbonyl (C=O) groups is 2. The summed E-state index contributed by atoms with van der Waals surface area (Å²) < 4.78 is 0. The number of amides is 1. The summed E-state index contributed by atoms with van der Waals surface area (Å²) in [7, 11) is 0. The quantitative estimate of drug-likeness (QED) is 0.868. The number of aromatic amines is 1. The molecule has 3 heterocycles. The number of rotatable bonds is 4. The topological polar surface area (TPSA) is 66.1 Å². The van der Waals surface area contributed by atoms with Gasteiger partial charge in [0.25, 0.3) is 5.91 Å². The minimum atomic E-state index is -0.0245. The third kappa shape index (κ3) is 2.49. The lowest BCUT2D eigenvalue weighted by molar-refractivity contribution is 0.0747. The van der Waals surface area contributed by atoms with E-state index in [0.717, 1.165) is 16.1 Å². The summed E-state index contributed by atoms with van der Waals surface area (Å²) >= 11 is 1.53. The molecule has 24 heavy (non-hydrogen) atoms. The molecule has 0 aromatic carbocycles. The number of thiophene rings is 1. The number of aryl methyl sites for hydroxylation is 1. The molecule has 0 radical (unpaired) electrons. The van der Waals surface area contributed by atoms with E-state index < -0.39 is 0 Å². The molecule has 126 valence electrons. The summed E-state index contributed by atoms with van der Waals surface area (Å²) in [5.41, 5.74) is 2.60. The Morgan fingerprint density at radius 2 is 2.00 bits per heavy atom. The van der Waals surface area contributed by atoms with Gasteiger partial charge >= 0.3 is 0 Å². The Balaban J connectivity index is 1.39. The van der Waals surface area contributed by atoms with Gasteiger partial charge in [-0.2, -0.15) is 5.10 Å². The van der Waals surface area contributed by atoms with Crippen molar-refractivity contribution in [2.45, 2.75) is 26.7 Å². The molecule has 1 aliphatic heterocycles. The van der Waals surface area contributed by atoms with Gasteiger partial charge in [0.05, 0.1) is 4.88 Å². The van der Waals surface area contributed by atoms with Gasteiger partial charge in [0.15, 0.2) is 5.78 Å². The molecule has 2 unspecified atom stereocenters. The molecule has 1 aliphatic carbocycles. The van der Waals surface area contributed by atoms with Crippen LogP contribution < -0.4 is 0 Å². The van der Waals surface area contributed by atoms with Crippen LogP contribution in [0.2, 0.25) is 0 Å². The molecular formula is C18H21N3O2S. The third-order valence-electron chi connectivity index (χ3n) is 5.20. The molecule has 2 atom stereocenters. The molecule has 2 aromatic rings. The second-order valence-corrected chi connectivity index (χ2v) is 8.19. The van der Waals surface area contributed by atoms with Crippen molar-refractivity contribution < 1.29 is 9.59 Å². The van der Waals surface area contributed by atoms with Crippen molar-refractivity contribution in [1.29, 1.82) is 0 Å². The summed E-state index contributed by atoms with van der Waals surface area (Å²) in [6.07, 6.45) is 0. The van der Waals surface area contributed by atoms with Crippen molar-refractivity contribution in [2.75, 3.05) is 13.1 Å². The number of hydrogen-bond donors (Lipinski definition) is 1. The minimum absolute atomic E-state index is 0.0245. The number of fused-ring (bicyclic) bond motifs is 1. The van der Waals surface area contributed by atoms with Gasteiger partial charge in [0.2, 0.25) is 0 Å². The van der Waals surface area contributed by atoms with Gasteiger partial charge < -0.3 is 4.90 Å². The summed E-state index contributed by atoms with van der Waals surface area (Å²) in [6.45, 7) is 7.49. The van der Waals surface area contributed by atoms with Crippen LogP contribution >= 0.6 is 11.3 Å². The monoisotopic (exact) mass is 343 g/mol. The van der Waals surface area contributed by atoms with Crippen LogP contribution in [0.4, 0.5) is 0 Å². The van der Waals surface area contributed by atoms with Crippen molar-refractivity contribution >= 4 is 23.0 Å². The average Bonchev–Trinajstić information content (AvgIpc) is 3.05. The van der Waals surface area contributed by atoms with Crippen LogP contribution in [0.1, 0.15) is 51.2 Å². The lowest BCUT2D eigenvalue weighted by Crippen LogP contribution is -2.32. The predicted octanol–water partition coefficient (Wildman–Crippen LogP) is 3.10. The van der Waals surface area contributed by atoms with Crippen molar-refractivity contribution in [1.82, 2.24) is 15.1 Å². The van der Waals surface area contributed by atoms with E-state index in [-0.39, 0.29) is 17.6 Å². The summed E-state index contributed by atoms with van der Waals surface area (Å²) in [5, 5.41) is 9.10. The summed E-state index contributed by atoms with van der Waals surface area (Å²) in [6, 6.07) is 3.81. The smallest absolute Gasteiger partial charge is 0.274 e. The first-order chi connectivity index (χ1) is 11.5. The van der Waals surface area contributed by atoms with Gasteiger partial charge in [-0.05, 0) is 47.8 Å². The molecule has 1 amide bonds. The molecule has 2 aliphatic rings. The molecule has 0 spiro atoms. The fourth-order valence-electron chi connectivity index (χ4n) is 3.71. The number of nitrogens with zero attached hydrogens (tertiary/aromatic N) is 2. The number of carbonyl (C=O) groups excluding carboxylic acids is 2. The maximum Gasteiger partial charge on any atom is 0.274 e. The molecule has 5 nitrogen and oxygen atoms in total. The fourth-order valence-corrected chi connectivity index (χ4v) is 4.60. The Morgan fingerprint density at radius 3 is 2.54 bits per heavy atom. The van der Waals surface area contributed by atoms with Crippen LogP contribution in [0.5, 0.6) is 0 Å². The van der Waals surface area contributed by atoms with E-state index in [1.165, 1.54) is 11.3 Å². The van der Waals surface area contributed by atoms with Crippen molar-refractivity contribution in [3.05, 3.63) is 39.3 Å².